The first kappa shape index (κ1) is 13.4. The number of hydrogen-bond acceptors (Lipinski definition) is 3. The Morgan fingerprint density at radius 3 is 2.43 bits per heavy atom. The number of sulfonamides is 1. The SMILES string of the molecule is C=CS(=O)(=O)NCCOCC(F)(F)F. The van der Waals surface area contributed by atoms with Crippen LogP contribution in [0.3, 0.4) is 0 Å². The third kappa shape index (κ3) is 8.02. The highest BCUT2D eigenvalue weighted by Crippen LogP contribution is 2.13. The lowest BCUT2D eigenvalue weighted by Gasteiger charge is -2.07. The summed E-state index contributed by atoms with van der Waals surface area (Å²) in [6, 6.07) is 0. The van der Waals surface area contributed by atoms with Gasteiger partial charge in [-0.3, -0.25) is 0 Å². The summed E-state index contributed by atoms with van der Waals surface area (Å²) in [5.74, 6) is 0. The monoisotopic (exact) mass is 233 g/mol. The molecule has 1 N–H and O–H groups in total. The minimum absolute atomic E-state index is 0.218. The maximum Gasteiger partial charge on any atom is 0.411 e. The van der Waals surface area contributed by atoms with Crippen LogP contribution >= 0.6 is 0 Å². The van der Waals surface area contributed by atoms with Gasteiger partial charge in [0.15, 0.2) is 0 Å². The molecule has 0 aromatic rings. The van der Waals surface area contributed by atoms with Crippen molar-refractivity contribution in [3.05, 3.63) is 12.0 Å². The fourth-order valence-electron chi connectivity index (χ4n) is 0.503. The van der Waals surface area contributed by atoms with Gasteiger partial charge in [-0.05, 0) is 0 Å². The zero-order chi connectivity index (χ0) is 11.2. The summed E-state index contributed by atoms with van der Waals surface area (Å²) < 4.78 is 61.9. The Labute approximate surface area is 79.8 Å². The first-order chi connectivity index (χ1) is 6.27. The Morgan fingerprint density at radius 2 is 2.00 bits per heavy atom. The Kier molecular flexibility index (Phi) is 5.09. The second-order valence-electron chi connectivity index (χ2n) is 2.27. The van der Waals surface area contributed by atoms with E-state index in [4.69, 9.17) is 0 Å². The molecule has 0 fully saturated rings. The molecule has 14 heavy (non-hydrogen) atoms. The van der Waals surface area contributed by atoms with Crippen LogP contribution in [0.25, 0.3) is 0 Å². The molecule has 0 heterocycles. The quantitative estimate of drug-likeness (QED) is 0.684. The van der Waals surface area contributed by atoms with Crippen LogP contribution in [0.4, 0.5) is 13.2 Å². The summed E-state index contributed by atoms with van der Waals surface area (Å²) in [6.07, 6.45) is -4.39. The van der Waals surface area contributed by atoms with Crippen molar-refractivity contribution < 1.29 is 26.3 Å². The molecule has 0 atom stereocenters. The fraction of sp³-hybridized carbons (Fsp3) is 0.667. The van der Waals surface area contributed by atoms with Crippen molar-refractivity contribution in [3.63, 3.8) is 0 Å². The molecule has 0 saturated carbocycles. The molecule has 84 valence electrons. The van der Waals surface area contributed by atoms with Crippen molar-refractivity contribution in [2.45, 2.75) is 6.18 Å². The van der Waals surface area contributed by atoms with Gasteiger partial charge in [0, 0.05) is 12.0 Å². The van der Waals surface area contributed by atoms with E-state index in [9.17, 15) is 21.6 Å². The van der Waals surface area contributed by atoms with Crippen molar-refractivity contribution in [1.29, 1.82) is 0 Å². The van der Waals surface area contributed by atoms with Crippen LogP contribution in [0.2, 0.25) is 0 Å². The molecule has 0 spiro atoms. The van der Waals surface area contributed by atoms with E-state index < -0.39 is 22.8 Å². The summed E-state index contributed by atoms with van der Waals surface area (Å²) in [4.78, 5) is 0. The molecule has 0 aromatic carbocycles. The third-order valence-corrected chi connectivity index (χ3v) is 2.08. The summed E-state index contributed by atoms with van der Waals surface area (Å²) in [6.45, 7) is 1.05. The Hall–Kier alpha value is -0.600. The van der Waals surface area contributed by atoms with E-state index in [1.165, 1.54) is 0 Å². The maximum atomic E-state index is 11.5. The standard InChI is InChI=1S/C6H10F3NO3S/c1-2-14(11,12)10-3-4-13-5-6(7,8)9/h2,10H,1,3-5H2. The molecule has 0 aromatic heterocycles. The molecule has 0 unspecified atom stereocenters. The molecular weight excluding hydrogens is 223 g/mol. The third-order valence-electron chi connectivity index (χ3n) is 1.03. The lowest BCUT2D eigenvalue weighted by molar-refractivity contribution is -0.173. The molecule has 0 radical (unpaired) electrons. The van der Waals surface area contributed by atoms with Gasteiger partial charge in [0.1, 0.15) is 6.61 Å². The number of ether oxygens (including phenoxy) is 1. The molecule has 0 aliphatic heterocycles. The normalized spacial score (nSPS) is 12.8. The Morgan fingerprint density at radius 1 is 1.43 bits per heavy atom. The molecule has 4 nitrogen and oxygen atoms in total. The smallest absolute Gasteiger partial charge is 0.371 e. The highest BCUT2D eigenvalue weighted by molar-refractivity contribution is 7.92. The van der Waals surface area contributed by atoms with E-state index in [2.05, 4.69) is 11.3 Å². The van der Waals surface area contributed by atoms with Crippen LogP contribution in [0.1, 0.15) is 0 Å². The van der Waals surface area contributed by atoms with Crippen LogP contribution < -0.4 is 4.72 Å². The zero-order valence-electron chi connectivity index (χ0n) is 7.17. The van der Waals surface area contributed by atoms with Crippen molar-refractivity contribution in [3.8, 4) is 0 Å². The second-order valence-corrected chi connectivity index (χ2v) is 3.99. The van der Waals surface area contributed by atoms with E-state index in [1.807, 2.05) is 4.72 Å². The Bertz CT molecular complexity index is 273. The molecule has 0 bridgehead atoms. The van der Waals surface area contributed by atoms with Crippen LogP contribution in [-0.4, -0.2) is 34.4 Å². The van der Waals surface area contributed by atoms with Gasteiger partial charge >= 0.3 is 6.18 Å². The minimum Gasteiger partial charge on any atom is -0.371 e. The molecule has 0 amide bonds. The summed E-state index contributed by atoms with van der Waals surface area (Å²) in [5, 5.41) is 0.663. The van der Waals surface area contributed by atoms with Crippen LogP contribution in [0, 0.1) is 0 Å². The number of nitrogens with one attached hydrogen (secondary N) is 1. The highest BCUT2D eigenvalue weighted by atomic mass is 32.2. The van der Waals surface area contributed by atoms with Gasteiger partial charge in [-0.15, -0.1) is 0 Å². The molecule has 0 aliphatic carbocycles. The van der Waals surface area contributed by atoms with Crippen molar-refractivity contribution in [2.75, 3.05) is 19.8 Å². The molecule has 0 rings (SSSR count). The minimum atomic E-state index is -4.39. The van der Waals surface area contributed by atoms with E-state index in [0.29, 0.717) is 5.41 Å². The summed E-state index contributed by atoms with van der Waals surface area (Å²) in [7, 11) is -3.58. The van der Waals surface area contributed by atoms with Gasteiger partial charge in [0.25, 0.3) is 0 Å². The first-order valence-corrected chi connectivity index (χ1v) is 5.08. The number of hydrogen-bond donors (Lipinski definition) is 1. The van der Waals surface area contributed by atoms with Gasteiger partial charge < -0.3 is 4.74 Å². The van der Waals surface area contributed by atoms with Crippen molar-refractivity contribution >= 4 is 10.0 Å². The highest BCUT2D eigenvalue weighted by Gasteiger charge is 2.27. The molecule has 8 heteroatoms. The predicted molar refractivity (Wildman–Crippen MR) is 44.0 cm³/mol. The second kappa shape index (κ2) is 5.32. The average Bonchev–Trinajstić information content (AvgIpc) is 2.01. The van der Waals surface area contributed by atoms with E-state index in [0.717, 1.165) is 0 Å². The maximum absolute atomic E-state index is 11.5. The number of halogens is 3. The van der Waals surface area contributed by atoms with E-state index in [1.54, 1.807) is 0 Å². The molecular formula is C6H10F3NO3S. The van der Waals surface area contributed by atoms with Crippen LogP contribution in [0.5, 0.6) is 0 Å². The van der Waals surface area contributed by atoms with Crippen LogP contribution in [-0.2, 0) is 14.8 Å². The van der Waals surface area contributed by atoms with Gasteiger partial charge in [0.05, 0.1) is 6.61 Å². The van der Waals surface area contributed by atoms with Gasteiger partial charge in [-0.1, -0.05) is 6.58 Å². The topological polar surface area (TPSA) is 55.4 Å². The number of alkyl halides is 3. The van der Waals surface area contributed by atoms with Gasteiger partial charge in [-0.2, -0.15) is 13.2 Å². The zero-order valence-corrected chi connectivity index (χ0v) is 7.99. The predicted octanol–water partition coefficient (Wildman–Crippen LogP) is 0.628. The van der Waals surface area contributed by atoms with Crippen molar-refractivity contribution in [1.82, 2.24) is 4.72 Å². The van der Waals surface area contributed by atoms with E-state index in [-0.39, 0.29) is 13.2 Å². The number of rotatable bonds is 6. The largest absolute Gasteiger partial charge is 0.411 e. The van der Waals surface area contributed by atoms with Crippen LogP contribution in [0.15, 0.2) is 12.0 Å². The summed E-state index contributed by atoms with van der Waals surface area (Å²) in [5.41, 5.74) is 0. The van der Waals surface area contributed by atoms with E-state index >= 15 is 0 Å². The molecule has 0 aliphatic rings. The van der Waals surface area contributed by atoms with Gasteiger partial charge in [-0.25, -0.2) is 13.1 Å². The molecule has 0 saturated heterocycles. The van der Waals surface area contributed by atoms with Gasteiger partial charge in [0.2, 0.25) is 10.0 Å². The summed E-state index contributed by atoms with van der Waals surface area (Å²) >= 11 is 0. The lowest BCUT2D eigenvalue weighted by Crippen LogP contribution is -2.27. The first-order valence-electron chi connectivity index (χ1n) is 3.53. The van der Waals surface area contributed by atoms with Crippen molar-refractivity contribution in [2.24, 2.45) is 0 Å². The average molecular weight is 233 g/mol. The fourth-order valence-corrected chi connectivity index (χ4v) is 0.989. The Balaban J connectivity index is 3.54. The lowest BCUT2D eigenvalue weighted by atomic mass is 10.7.